The molecule has 0 aromatic carbocycles. The van der Waals surface area contributed by atoms with Crippen LogP contribution in [0.25, 0.3) is 0 Å². The molecule has 0 bridgehead atoms. The van der Waals surface area contributed by atoms with Crippen molar-refractivity contribution >= 4 is 34.0 Å². The van der Waals surface area contributed by atoms with Crippen molar-refractivity contribution in [3.63, 3.8) is 0 Å². The molecular formula is C12H18N2O4S. The van der Waals surface area contributed by atoms with E-state index in [0.717, 1.165) is 11.3 Å². The van der Waals surface area contributed by atoms with Gasteiger partial charge in [0.15, 0.2) is 0 Å². The maximum Gasteiger partial charge on any atom is 0.350 e. The third kappa shape index (κ3) is 3.37. The maximum atomic E-state index is 11.9. The summed E-state index contributed by atoms with van der Waals surface area (Å²) in [6, 6.07) is 0.0942. The van der Waals surface area contributed by atoms with Crippen LogP contribution in [0.15, 0.2) is 0 Å². The first-order chi connectivity index (χ1) is 8.92. The number of thiophene rings is 1. The molecule has 0 fully saturated rings. The minimum Gasteiger partial charge on any atom is -0.465 e. The lowest BCUT2D eigenvalue weighted by molar-refractivity contribution is 0.0529. The Bertz CT molecular complexity index is 482. The molecule has 1 aromatic heterocycles. The Labute approximate surface area is 115 Å². The van der Waals surface area contributed by atoms with E-state index in [1.165, 1.54) is 7.11 Å². The van der Waals surface area contributed by atoms with E-state index in [2.05, 4.69) is 10.1 Å². The van der Waals surface area contributed by atoms with Gasteiger partial charge >= 0.3 is 11.9 Å². The molecule has 0 saturated carbocycles. The number of carbonyl (C=O) groups is 2. The van der Waals surface area contributed by atoms with Gasteiger partial charge < -0.3 is 20.5 Å². The molecular weight excluding hydrogens is 268 g/mol. The van der Waals surface area contributed by atoms with Crippen LogP contribution in [-0.4, -0.2) is 31.7 Å². The monoisotopic (exact) mass is 286 g/mol. The molecule has 0 aliphatic carbocycles. The highest BCUT2D eigenvalue weighted by atomic mass is 32.1. The standard InChI is InChI=1S/C12H18N2O4S/c1-5-18-11(15)7-8(13)9(12(16)17-4)19-10(7)14-6(2)3/h6,14H,5,13H2,1-4H3. The highest BCUT2D eigenvalue weighted by Crippen LogP contribution is 2.37. The van der Waals surface area contributed by atoms with Crippen molar-refractivity contribution in [1.82, 2.24) is 0 Å². The highest BCUT2D eigenvalue weighted by Gasteiger charge is 2.27. The zero-order chi connectivity index (χ0) is 14.6. The minimum absolute atomic E-state index is 0.0942. The Balaban J connectivity index is 3.27. The van der Waals surface area contributed by atoms with Crippen LogP contribution in [0.2, 0.25) is 0 Å². The van der Waals surface area contributed by atoms with Gasteiger partial charge in [-0.2, -0.15) is 0 Å². The van der Waals surface area contributed by atoms with Crippen molar-refractivity contribution in [2.24, 2.45) is 0 Å². The second-order valence-electron chi connectivity index (χ2n) is 4.06. The fourth-order valence-electron chi connectivity index (χ4n) is 1.46. The van der Waals surface area contributed by atoms with Gasteiger partial charge in [-0.05, 0) is 20.8 Å². The fourth-order valence-corrected chi connectivity index (χ4v) is 2.63. The molecule has 0 saturated heterocycles. The average Bonchev–Trinajstić information content (AvgIpc) is 2.64. The zero-order valence-corrected chi connectivity index (χ0v) is 12.2. The van der Waals surface area contributed by atoms with Crippen LogP contribution in [-0.2, 0) is 9.47 Å². The Hall–Kier alpha value is -1.76. The second-order valence-corrected chi connectivity index (χ2v) is 5.08. The number of hydrogen-bond acceptors (Lipinski definition) is 7. The highest BCUT2D eigenvalue weighted by molar-refractivity contribution is 7.19. The first-order valence-electron chi connectivity index (χ1n) is 5.86. The van der Waals surface area contributed by atoms with E-state index in [-0.39, 0.29) is 28.8 Å². The fraction of sp³-hybridized carbons (Fsp3) is 0.500. The molecule has 1 heterocycles. The van der Waals surface area contributed by atoms with Gasteiger partial charge in [-0.3, -0.25) is 0 Å². The lowest BCUT2D eigenvalue weighted by atomic mass is 10.2. The van der Waals surface area contributed by atoms with Gasteiger partial charge in [0.25, 0.3) is 0 Å². The Kier molecular flexibility index (Phi) is 5.17. The number of methoxy groups -OCH3 is 1. The number of ether oxygens (including phenoxy) is 2. The summed E-state index contributed by atoms with van der Waals surface area (Å²) in [6.07, 6.45) is 0. The summed E-state index contributed by atoms with van der Waals surface area (Å²) in [5, 5.41) is 3.60. The van der Waals surface area contributed by atoms with Crippen LogP contribution in [0, 0.1) is 0 Å². The van der Waals surface area contributed by atoms with E-state index in [9.17, 15) is 9.59 Å². The number of nitrogens with two attached hydrogens (primary N) is 1. The topological polar surface area (TPSA) is 90.6 Å². The van der Waals surface area contributed by atoms with E-state index in [1.54, 1.807) is 6.92 Å². The molecule has 0 amide bonds. The van der Waals surface area contributed by atoms with Crippen LogP contribution in [0.1, 0.15) is 40.8 Å². The molecule has 106 valence electrons. The predicted octanol–water partition coefficient (Wildman–Crippen LogP) is 2.11. The van der Waals surface area contributed by atoms with Crippen LogP contribution in [0.4, 0.5) is 10.7 Å². The number of nitrogen functional groups attached to an aromatic ring is 1. The molecule has 0 aliphatic heterocycles. The molecule has 7 heteroatoms. The summed E-state index contributed by atoms with van der Waals surface area (Å²) in [5.41, 5.74) is 6.15. The lowest BCUT2D eigenvalue weighted by Gasteiger charge is -2.10. The van der Waals surface area contributed by atoms with Crippen molar-refractivity contribution in [3.8, 4) is 0 Å². The van der Waals surface area contributed by atoms with Crippen molar-refractivity contribution in [2.45, 2.75) is 26.8 Å². The predicted molar refractivity (Wildman–Crippen MR) is 74.8 cm³/mol. The third-order valence-corrected chi connectivity index (χ3v) is 3.33. The van der Waals surface area contributed by atoms with Crippen LogP contribution in [0.5, 0.6) is 0 Å². The van der Waals surface area contributed by atoms with Crippen molar-refractivity contribution in [3.05, 3.63) is 10.4 Å². The third-order valence-electron chi connectivity index (χ3n) is 2.22. The van der Waals surface area contributed by atoms with E-state index in [1.807, 2.05) is 13.8 Å². The van der Waals surface area contributed by atoms with Crippen molar-refractivity contribution < 1.29 is 19.1 Å². The van der Waals surface area contributed by atoms with Crippen LogP contribution in [0.3, 0.4) is 0 Å². The Morgan fingerprint density at radius 1 is 1.37 bits per heavy atom. The normalized spacial score (nSPS) is 10.4. The maximum absolute atomic E-state index is 11.9. The first-order valence-corrected chi connectivity index (χ1v) is 6.68. The summed E-state index contributed by atoms with van der Waals surface area (Å²) in [7, 11) is 1.26. The molecule has 0 unspecified atom stereocenters. The molecule has 0 aliphatic rings. The summed E-state index contributed by atoms with van der Waals surface area (Å²) in [6.45, 7) is 5.78. The summed E-state index contributed by atoms with van der Waals surface area (Å²) in [4.78, 5) is 23.7. The Morgan fingerprint density at radius 2 is 2.00 bits per heavy atom. The second kappa shape index (κ2) is 6.42. The van der Waals surface area contributed by atoms with Crippen LogP contribution >= 0.6 is 11.3 Å². The smallest absolute Gasteiger partial charge is 0.350 e. The molecule has 6 nitrogen and oxygen atoms in total. The van der Waals surface area contributed by atoms with Gasteiger partial charge in [-0.25, -0.2) is 9.59 Å². The van der Waals surface area contributed by atoms with Gasteiger partial charge in [0.1, 0.15) is 15.4 Å². The molecule has 1 aromatic rings. The number of esters is 2. The first kappa shape index (κ1) is 15.3. The molecule has 0 spiro atoms. The minimum atomic E-state index is -0.565. The molecule has 3 N–H and O–H groups in total. The number of carbonyl (C=O) groups excluding carboxylic acids is 2. The summed E-state index contributed by atoms with van der Waals surface area (Å²) < 4.78 is 9.60. The molecule has 1 rings (SSSR count). The van der Waals surface area contributed by atoms with Gasteiger partial charge in [0.2, 0.25) is 0 Å². The van der Waals surface area contributed by atoms with Crippen molar-refractivity contribution in [1.29, 1.82) is 0 Å². The zero-order valence-electron chi connectivity index (χ0n) is 11.4. The van der Waals surface area contributed by atoms with Gasteiger partial charge in [0.05, 0.1) is 19.4 Å². The largest absolute Gasteiger partial charge is 0.465 e. The summed E-state index contributed by atoms with van der Waals surface area (Å²) in [5.74, 6) is -1.11. The van der Waals surface area contributed by atoms with E-state index in [0.29, 0.717) is 5.00 Å². The van der Waals surface area contributed by atoms with Gasteiger partial charge in [0, 0.05) is 6.04 Å². The van der Waals surface area contributed by atoms with Gasteiger partial charge in [-0.1, -0.05) is 0 Å². The van der Waals surface area contributed by atoms with Crippen LogP contribution < -0.4 is 11.1 Å². The molecule has 19 heavy (non-hydrogen) atoms. The molecule has 0 atom stereocenters. The quantitative estimate of drug-likeness (QED) is 0.806. The average molecular weight is 286 g/mol. The number of anilines is 2. The summed E-state index contributed by atoms with van der Waals surface area (Å²) >= 11 is 1.09. The van der Waals surface area contributed by atoms with Crippen molar-refractivity contribution in [2.75, 3.05) is 24.8 Å². The van der Waals surface area contributed by atoms with E-state index < -0.39 is 11.9 Å². The Morgan fingerprint density at radius 3 is 2.47 bits per heavy atom. The number of rotatable bonds is 5. The van der Waals surface area contributed by atoms with Gasteiger partial charge in [-0.15, -0.1) is 11.3 Å². The lowest BCUT2D eigenvalue weighted by Crippen LogP contribution is -2.14. The number of nitrogens with one attached hydrogen (secondary N) is 1. The number of hydrogen-bond donors (Lipinski definition) is 2. The molecule has 0 radical (unpaired) electrons. The van der Waals surface area contributed by atoms with E-state index >= 15 is 0 Å². The van der Waals surface area contributed by atoms with E-state index in [4.69, 9.17) is 10.5 Å². The SMILES string of the molecule is CCOC(=O)c1c(NC(C)C)sc(C(=O)OC)c1N.